The zero-order chi connectivity index (χ0) is 14.1. The number of aromatic nitrogens is 5. The SMILES string of the molecule is CC(C)c1nc(CSc2nnc(CN)n2C2CC2)no1. The van der Waals surface area contributed by atoms with Gasteiger partial charge in [-0.3, -0.25) is 0 Å². The molecule has 0 radical (unpaired) electrons. The Labute approximate surface area is 121 Å². The molecule has 0 atom stereocenters. The molecule has 20 heavy (non-hydrogen) atoms. The Kier molecular flexibility index (Phi) is 3.75. The highest BCUT2D eigenvalue weighted by Crippen LogP contribution is 2.39. The number of nitrogens with two attached hydrogens (primary N) is 1. The average Bonchev–Trinajstić information content (AvgIpc) is 3.02. The van der Waals surface area contributed by atoms with Crippen LogP contribution in [0.5, 0.6) is 0 Å². The lowest BCUT2D eigenvalue weighted by Crippen LogP contribution is -2.08. The van der Waals surface area contributed by atoms with Crippen molar-refractivity contribution in [1.29, 1.82) is 0 Å². The maximum absolute atomic E-state index is 5.70. The second-order valence-corrected chi connectivity index (χ2v) is 6.14. The first-order valence-corrected chi connectivity index (χ1v) is 7.76. The molecular formula is C12H18N6OS. The second kappa shape index (κ2) is 5.53. The van der Waals surface area contributed by atoms with Crippen molar-refractivity contribution in [2.24, 2.45) is 5.73 Å². The molecule has 2 aromatic rings. The Morgan fingerprint density at radius 3 is 2.80 bits per heavy atom. The Morgan fingerprint density at radius 2 is 2.20 bits per heavy atom. The van der Waals surface area contributed by atoms with Gasteiger partial charge in [0.15, 0.2) is 11.0 Å². The molecule has 0 saturated heterocycles. The Hall–Kier alpha value is -1.41. The standard InChI is InChI=1S/C12H18N6OS/c1-7(2)11-14-9(17-19-11)6-20-12-16-15-10(5-13)18(12)8-3-4-8/h7-8H,3-6,13H2,1-2H3. The normalized spacial score (nSPS) is 15.2. The molecule has 1 aliphatic carbocycles. The monoisotopic (exact) mass is 294 g/mol. The van der Waals surface area contributed by atoms with E-state index in [9.17, 15) is 0 Å². The molecule has 0 spiro atoms. The largest absolute Gasteiger partial charge is 0.339 e. The van der Waals surface area contributed by atoms with Crippen LogP contribution in [0.3, 0.4) is 0 Å². The summed E-state index contributed by atoms with van der Waals surface area (Å²) in [6.07, 6.45) is 2.36. The zero-order valence-electron chi connectivity index (χ0n) is 11.6. The van der Waals surface area contributed by atoms with Crippen LogP contribution >= 0.6 is 11.8 Å². The van der Waals surface area contributed by atoms with Gasteiger partial charge in [0.1, 0.15) is 5.82 Å². The molecule has 0 bridgehead atoms. The van der Waals surface area contributed by atoms with Crippen LogP contribution in [0.15, 0.2) is 9.68 Å². The molecule has 1 saturated carbocycles. The lowest BCUT2D eigenvalue weighted by Gasteiger charge is -2.06. The van der Waals surface area contributed by atoms with Crippen molar-refractivity contribution in [2.45, 2.75) is 56.1 Å². The molecule has 2 N–H and O–H groups in total. The van der Waals surface area contributed by atoms with E-state index < -0.39 is 0 Å². The van der Waals surface area contributed by atoms with Crippen molar-refractivity contribution in [3.05, 3.63) is 17.5 Å². The van der Waals surface area contributed by atoms with Gasteiger partial charge in [-0.15, -0.1) is 10.2 Å². The van der Waals surface area contributed by atoms with Gasteiger partial charge in [0.25, 0.3) is 0 Å². The minimum atomic E-state index is 0.250. The number of rotatable bonds is 6. The smallest absolute Gasteiger partial charge is 0.229 e. The van der Waals surface area contributed by atoms with Gasteiger partial charge >= 0.3 is 0 Å². The topological polar surface area (TPSA) is 95.7 Å². The lowest BCUT2D eigenvalue weighted by atomic mass is 10.2. The van der Waals surface area contributed by atoms with E-state index >= 15 is 0 Å². The summed E-state index contributed by atoms with van der Waals surface area (Å²) in [6, 6.07) is 0.516. The number of thioether (sulfide) groups is 1. The third-order valence-corrected chi connectivity index (χ3v) is 4.08. The second-order valence-electron chi connectivity index (χ2n) is 5.20. The minimum Gasteiger partial charge on any atom is -0.339 e. The quantitative estimate of drug-likeness (QED) is 0.812. The highest BCUT2D eigenvalue weighted by atomic mass is 32.2. The number of nitrogens with zero attached hydrogens (tertiary/aromatic N) is 5. The van der Waals surface area contributed by atoms with Crippen LogP contribution in [0.25, 0.3) is 0 Å². The summed E-state index contributed by atoms with van der Waals surface area (Å²) in [6.45, 7) is 4.48. The van der Waals surface area contributed by atoms with Crippen molar-refractivity contribution in [3.8, 4) is 0 Å². The van der Waals surface area contributed by atoms with E-state index in [4.69, 9.17) is 10.3 Å². The molecule has 0 amide bonds. The van der Waals surface area contributed by atoms with E-state index in [-0.39, 0.29) is 5.92 Å². The minimum absolute atomic E-state index is 0.250. The van der Waals surface area contributed by atoms with Gasteiger partial charge in [0.2, 0.25) is 5.89 Å². The van der Waals surface area contributed by atoms with Crippen LogP contribution in [0.4, 0.5) is 0 Å². The molecule has 0 aliphatic heterocycles. The van der Waals surface area contributed by atoms with Gasteiger partial charge in [0.05, 0.1) is 12.3 Å². The fraction of sp³-hybridized carbons (Fsp3) is 0.667. The van der Waals surface area contributed by atoms with Crippen LogP contribution in [0, 0.1) is 0 Å². The average molecular weight is 294 g/mol. The van der Waals surface area contributed by atoms with Gasteiger partial charge in [-0.2, -0.15) is 4.98 Å². The predicted octanol–water partition coefficient (Wildman–Crippen LogP) is 1.87. The highest BCUT2D eigenvalue weighted by Gasteiger charge is 2.29. The molecule has 108 valence electrons. The maximum Gasteiger partial charge on any atom is 0.229 e. The fourth-order valence-electron chi connectivity index (χ4n) is 1.93. The summed E-state index contributed by atoms with van der Waals surface area (Å²) < 4.78 is 7.34. The van der Waals surface area contributed by atoms with Crippen LogP contribution in [-0.2, 0) is 12.3 Å². The lowest BCUT2D eigenvalue weighted by molar-refractivity contribution is 0.362. The molecule has 2 heterocycles. The summed E-state index contributed by atoms with van der Waals surface area (Å²) in [7, 11) is 0. The molecular weight excluding hydrogens is 276 g/mol. The summed E-state index contributed by atoms with van der Waals surface area (Å²) in [4.78, 5) is 4.36. The molecule has 1 fully saturated rings. The third kappa shape index (κ3) is 2.71. The van der Waals surface area contributed by atoms with Crippen molar-refractivity contribution >= 4 is 11.8 Å². The Morgan fingerprint density at radius 1 is 1.40 bits per heavy atom. The first kappa shape index (κ1) is 13.6. The molecule has 7 nitrogen and oxygen atoms in total. The third-order valence-electron chi connectivity index (χ3n) is 3.14. The number of hydrogen-bond acceptors (Lipinski definition) is 7. The summed E-state index contributed by atoms with van der Waals surface area (Å²) in [5.74, 6) is 3.10. The van der Waals surface area contributed by atoms with E-state index in [1.54, 1.807) is 11.8 Å². The highest BCUT2D eigenvalue weighted by molar-refractivity contribution is 7.98. The Bertz CT molecular complexity index is 589. The molecule has 3 rings (SSSR count). The van der Waals surface area contributed by atoms with Gasteiger partial charge in [-0.1, -0.05) is 30.8 Å². The van der Waals surface area contributed by atoms with Crippen LogP contribution < -0.4 is 5.73 Å². The van der Waals surface area contributed by atoms with E-state index in [2.05, 4.69) is 24.9 Å². The van der Waals surface area contributed by atoms with Crippen molar-refractivity contribution in [3.63, 3.8) is 0 Å². The molecule has 0 aromatic carbocycles. The van der Waals surface area contributed by atoms with E-state index in [0.29, 0.717) is 30.1 Å². The van der Waals surface area contributed by atoms with Gasteiger partial charge in [-0.05, 0) is 12.8 Å². The van der Waals surface area contributed by atoms with Crippen LogP contribution in [0.2, 0.25) is 0 Å². The van der Waals surface area contributed by atoms with E-state index in [1.165, 1.54) is 12.8 Å². The zero-order valence-corrected chi connectivity index (χ0v) is 12.4. The Balaban J connectivity index is 1.70. The molecule has 0 unspecified atom stereocenters. The van der Waals surface area contributed by atoms with Gasteiger partial charge < -0.3 is 14.8 Å². The van der Waals surface area contributed by atoms with Crippen molar-refractivity contribution in [1.82, 2.24) is 24.9 Å². The van der Waals surface area contributed by atoms with Gasteiger partial charge in [-0.25, -0.2) is 0 Å². The summed E-state index contributed by atoms with van der Waals surface area (Å²) in [5.41, 5.74) is 5.70. The fourth-order valence-corrected chi connectivity index (χ4v) is 2.80. The molecule has 8 heteroatoms. The van der Waals surface area contributed by atoms with Crippen LogP contribution in [-0.4, -0.2) is 24.9 Å². The van der Waals surface area contributed by atoms with E-state index in [0.717, 1.165) is 11.0 Å². The van der Waals surface area contributed by atoms with Crippen molar-refractivity contribution in [2.75, 3.05) is 0 Å². The maximum atomic E-state index is 5.70. The van der Waals surface area contributed by atoms with E-state index in [1.807, 2.05) is 13.8 Å². The van der Waals surface area contributed by atoms with Gasteiger partial charge in [0, 0.05) is 12.0 Å². The predicted molar refractivity (Wildman–Crippen MR) is 74.1 cm³/mol. The molecule has 1 aliphatic rings. The van der Waals surface area contributed by atoms with Crippen LogP contribution in [0.1, 0.15) is 56.2 Å². The van der Waals surface area contributed by atoms with Crippen molar-refractivity contribution < 1.29 is 4.52 Å². The number of hydrogen-bond donors (Lipinski definition) is 1. The summed E-state index contributed by atoms with van der Waals surface area (Å²) in [5, 5.41) is 13.2. The first-order valence-electron chi connectivity index (χ1n) is 6.78. The molecule has 2 aromatic heterocycles. The first-order chi connectivity index (χ1) is 9.69. The summed E-state index contributed by atoms with van der Waals surface area (Å²) >= 11 is 1.58.